The van der Waals surface area contributed by atoms with Crippen LogP contribution in [0.25, 0.3) is 0 Å². The van der Waals surface area contributed by atoms with Crippen molar-refractivity contribution >= 4 is 0 Å². The second kappa shape index (κ2) is 6.20. The van der Waals surface area contributed by atoms with Crippen molar-refractivity contribution in [2.45, 2.75) is 32.1 Å². The minimum atomic E-state index is -0.0638. The second-order valence-electron chi connectivity index (χ2n) is 5.19. The van der Waals surface area contributed by atoms with Crippen molar-refractivity contribution in [1.82, 2.24) is 0 Å². The van der Waals surface area contributed by atoms with Crippen molar-refractivity contribution in [2.75, 3.05) is 0 Å². The lowest BCUT2D eigenvalue weighted by Crippen LogP contribution is -2.00. The Labute approximate surface area is 115 Å². The van der Waals surface area contributed by atoms with E-state index in [9.17, 15) is 5.26 Å². The predicted molar refractivity (Wildman–Crippen MR) is 79.0 cm³/mol. The summed E-state index contributed by atoms with van der Waals surface area (Å²) in [4.78, 5) is 0. The third kappa shape index (κ3) is 3.45. The molecule has 0 bridgehead atoms. The van der Waals surface area contributed by atoms with E-state index in [0.29, 0.717) is 5.92 Å². The molecule has 2 aromatic carbocycles. The van der Waals surface area contributed by atoms with Crippen LogP contribution in [0, 0.1) is 11.3 Å². The van der Waals surface area contributed by atoms with Crippen LogP contribution < -0.4 is 0 Å². The van der Waals surface area contributed by atoms with E-state index in [1.807, 2.05) is 30.3 Å². The topological polar surface area (TPSA) is 23.8 Å². The first-order chi connectivity index (χ1) is 9.20. The van der Waals surface area contributed by atoms with Crippen LogP contribution in [-0.4, -0.2) is 0 Å². The number of nitrogens with zero attached hydrogens (tertiary/aromatic N) is 1. The Balaban J connectivity index is 2.13. The maximum absolute atomic E-state index is 9.33. The quantitative estimate of drug-likeness (QED) is 0.773. The largest absolute Gasteiger partial charge is 0.198 e. The highest BCUT2D eigenvalue weighted by atomic mass is 14.3. The van der Waals surface area contributed by atoms with Gasteiger partial charge in [0.2, 0.25) is 0 Å². The minimum Gasteiger partial charge on any atom is -0.198 e. The maximum Gasteiger partial charge on any atom is 0.0753 e. The summed E-state index contributed by atoms with van der Waals surface area (Å²) in [6, 6.07) is 21.0. The summed E-state index contributed by atoms with van der Waals surface area (Å²) in [5, 5.41) is 9.33. The van der Waals surface area contributed by atoms with E-state index in [-0.39, 0.29) is 5.92 Å². The summed E-state index contributed by atoms with van der Waals surface area (Å²) in [7, 11) is 0. The summed E-state index contributed by atoms with van der Waals surface area (Å²) >= 11 is 0. The van der Waals surface area contributed by atoms with Crippen molar-refractivity contribution in [1.29, 1.82) is 5.26 Å². The van der Waals surface area contributed by atoms with Crippen LogP contribution in [0.2, 0.25) is 0 Å². The molecule has 0 heterocycles. The molecule has 0 saturated heterocycles. The standard InChI is InChI=1S/C18H19N/c1-14(2)16-10-8-15(9-11-16)12-18(13-19)17-6-4-3-5-7-17/h3-11,14,18H,12H2,1-2H3. The average molecular weight is 249 g/mol. The van der Waals surface area contributed by atoms with Gasteiger partial charge in [0.05, 0.1) is 12.0 Å². The summed E-state index contributed by atoms with van der Waals surface area (Å²) in [5.41, 5.74) is 3.66. The van der Waals surface area contributed by atoms with Crippen molar-refractivity contribution in [3.63, 3.8) is 0 Å². The van der Waals surface area contributed by atoms with Gasteiger partial charge in [-0.2, -0.15) is 5.26 Å². The van der Waals surface area contributed by atoms with Gasteiger partial charge in [-0.25, -0.2) is 0 Å². The molecule has 0 amide bonds. The molecule has 1 nitrogen and oxygen atoms in total. The third-order valence-electron chi connectivity index (χ3n) is 3.44. The molecule has 0 radical (unpaired) electrons. The van der Waals surface area contributed by atoms with Crippen LogP contribution in [0.1, 0.15) is 42.4 Å². The first kappa shape index (κ1) is 13.4. The molecular formula is C18H19N. The first-order valence-electron chi connectivity index (χ1n) is 6.74. The van der Waals surface area contributed by atoms with Gasteiger partial charge in [0, 0.05) is 0 Å². The van der Waals surface area contributed by atoms with Crippen LogP contribution in [0.4, 0.5) is 0 Å². The van der Waals surface area contributed by atoms with Crippen LogP contribution in [-0.2, 0) is 6.42 Å². The van der Waals surface area contributed by atoms with E-state index < -0.39 is 0 Å². The molecule has 0 aliphatic rings. The molecule has 0 aromatic heterocycles. The number of rotatable bonds is 4. The molecule has 0 fully saturated rings. The smallest absolute Gasteiger partial charge is 0.0753 e. The minimum absolute atomic E-state index is 0.0638. The Hall–Kier alpha value is -2.07. The van der Waals surface area contributed by atoms with Gasteiger partial charge >= 0.3 is 0 Å². The van der Waals surface area contributed by atoms with Gasteiger partial charge in [-0.1, -0.05) is 68.4 Å². The molecule has 0 aliphatic heterocycles. The Morgan fingerprint density at radius 2 is 1.53 bits per heavy atom. The number of hydrogen-bond acceptors (Lipinski definition) is 1. The van der Waals surface area contributed by atoms with Crippen LogP contribution >= 0.6 is 0 Å². The van der Waals surface area contributed by atoms with Gasteiger partial charge in [0.25, 0.3) is 0 Å². The van der Waals surface area contributed by atoms with Gasteiger partial charge in [0.1, 0.15) is 0 Å². The molecule has 0 aliphatic carbocycles. The summed E-state index contributed by atoms with van der Waals surface area (Å²) in [5.74, 6) is 0.487. The monoisotopic (exact) mass is 249 g/mol. The van der Waals surface area contributed by atoms with Crippen molar-refractivity contribution in [3.8, 4) is 6.07 Å². The zero-order valence-corrected chi connectivity index (χ0v) is 11.5. The van der Waals surface area contributed by atoms with E-state index >= 15 is 0 Å². The SMILES string of the molecule is CC(C)c1ccc(CC(C#N)c2ccccc2)cc1. The summed E-state index contributed by atoms with van der Waals surface area (Å²) in [6.07, 6.45) is 0.777. The fraction of sp³-hybridized carbons (Fsp3) is 0.278. The van der Waals surface area contributed by atoms with E-state index in [4.69, 9.17) is 0 Å². The predicted octanol–water partition coefficient (Wildman–Crippen LogP) is 4.66. The average Bonchev–Trinajstić information content (AvgIpc) is 2.46. The Bertz CT molecular complexity index is 546. The van der Waals surface area contributed by atoms with Crippen molar-refractivity contribution in [3.05, 3.63) is 71.3 Å². The van der Waals surface area contributed by atoms with E-state index in [1.165, 1.54) is 11.1 Å². The van der Waals surface area contributed by atoms with E-state index in [0.717, 1.165) is 12.0 Å². The molecule has 1 heteroatoms. The second-order valence-corrected chi connectivity index (χ2v) is 5.19. The molecule has 2 aromatic rings. The Morgan fingerprint density at radius 1 is 0.895 bits per heavy atom. The van der Waals surface area contributed by atoms with Crippen molar-refractivity contribution in [2.24, 2.45) is 0 Å². The van der Waals surface area contributed by atoms with Gasteiger partial charge in [0.15, 0.2) is 0 Å². The summed E-state index contributed by atoms with van der Waals surface area (Å²) in [6.45, 7) is 4.38. The summed E-state index contributed by atoms with van der Waals surface area (Å²) < 4.78 is 0. The molecule has 96 valence electrons. The lowest BCUT2D eigenvalue weighted by Gasteiger charge is -2.11. The van der Waals surface area contributed by atoms with E-state index in [1.54, 1.807) is 0 Å². The Morgan fingerprint density at radius 3 is 2.05 bits per heavy atom. The number of hydrogen-bond donors (Lipinski definition) is 0. The molecule has 19 heavy (non-hydrogen) atoms. The molecule has 1 unspecified atom stereocenters. The first-order valence-corrected chi connectivity index (χ1v) is 6.74. The highest BCUT2D eigenvalue weighted by Gasteiger charge is 2.11. The number of benzene rings is 2. The Kier molecular flexibility index (Phi) is 4.36. The van der Waals surface area contributed by atoms with Crippen LogP contribution in [0.5, 0.6) is 0 Å². The molecule has 1 atom stereocenters. The lowest BCUT2D eigenvalue weighted by molar-refractivity contribution is 0.839. The van der Waals surface area contributed by atoms with E-state index in [2.05, 4.69) is 44.2 Å². The zero-order chi connectivity index (χ0) is 13.7. The third-order valence-corrected chi connectivity index (χ3v) is 3.44. The van der Waals surface area contributed by atoms with Crippen LogP contribution in [0.3, 0.4) is 0 Å². The molecule has 0 N–H and O–H groups in total. The van der Waals surface area contributed by atoms with Crippen molar-refractivity contribution < 1.29 is 0 Å². The normalized spacial score (nSPS) is 12.1. The van der Waals surface area contributed by atoms with Gasteiger partial charge in [-0.05, 0) is 29.0 Å². The van der Waals surface area contributed by atoms with Crippen LogP contribution in [0.15, 0.2) is 54.6 Å². The number of nitriles is 1. The lowest BCUT2D eigenvalue weighted by atomic mass is 9.92. The molecule has 0 spiro atoms. The zero-order valence-electron chi connectivity index (χ0n) is 11.5. The highest BCUT2D eigenvalue weighted by Crippen LogP contribution is 2.21. The molecular weight excluding hydrogens is 230 g/mol. The highest BCUT2D eigenvalue weighted by molar-refractivity contribution is 5.30. The van der Waals surface area contributed by atoms with Gasteiger partial charge < -0.3 is 0 Å². The molecule has 0 saturated carbocycles. The fourth-order valence-electron chi connectivity index (χ4n) is 2.20. The molecule has 2 rings (SSSR count). The maximum atomic E-state index is 9.33. The van der Waals surface area contributed by atoms with Gasteiger partial charge in [-0.3, -0.25) is 0 Å². The van der Waals surface area contributed by atoms with Gasteiger partial charge in [-0.15, -0.1) is 0 Å². The fourth-order valence-corrected chi connectivity index (χ4v) is 2.20.